The minimum atomic E-state index is -0.339. The molecule has 0 saturated heterocycles. The highest BCUT2D eigenvalue weighted by atomic mass is 16.5. The Kier molecular flexibility index (Phi) is 8.43. The number of esters is 2. The van der Waals surface area contributed by atoms with Crippen LogP contribution in [-0.2, 0) is 19.1 Å². The first-order valence-electron chi connectivity index (χ1n) is 5.19. The van der Waals surface area contributed by atoms with Crippen LogP contribution >= 0.6 is 0 Å². The molecule has 4 heteroatoms. The highest BCUT2D eigenvalue weighted by molar-refractivity contribution is 5.81. The van der Waals surface area contributed by atoms with Crippen molar-refractivity contribution in [2.45, 2.75) is 33.1 Å². The Morgan fingerprint density at radius 1 is 1.13 bits per heavy atom. The predicted octanol–water partition coefficient (Wildman–Crippen LogP) is 1.84. The van der Waals surface area contributed by atoms with Gasteiger partial charge in [0.15, 0.2) is 0 Å². The first-order valence-corrected chi connectivity index (χ1v) is 5.19. The van der Waals surface area contributed by atoms with Crippen LogP contribution in [0.2, 0.25) is 0 Å². The molecule has 0 aliphatic rings. The molecular weight excluding hydrogens is 196 g/mol. The van der Waals surface area contributed by atoms with E-state index in [-0.39, 0.29) is 11.9 Å². The third-order valence-electron chi connectivity index (χ3n) is 1.60. The van der Waals surface area contributed by atoms with Crippen LogP contribution in [-0.4, -0.2) is 25.2 Å². The summed E-state index contributed by atoms with van der Waals surface area (Å²) in [6.45, 7) is 4.33. The Bertz CT molecular complexity index is 221. The zero-order chi connectivity index (χ0) is 11.5. The molecule has 0 spiro atoms. The number of allylic oxidation sites excluding steroid dienone is 1. The molecule has 0 rings (SSSR count). The largest absolute Gasteiger partial charge is 0.466 e. The topological polar surface area (TPSA) is 52.6 Å². The van der Waals surface area contributed by atoms with Gasteiger partial charge in [-0.2, -0.15) is 0 Å². The van der Waals surface area contributed by atoms with Crippen LogP contribution in [0.4, 0.5) is 0 Å². The van der Waals surface area contributed by atoms with Gasteiger partial charge in [-0.15, -0.1) is 0 Å². The van der Waals surface area contributed by atoms with E-state index in [1.165, 1.54) is 6.08 Å². The lowest BCUT2D eigenvalue weighted by atomic mass is 10.2. The molecule has 0 bridgehead atoms. The summed E-state index contributed by atoms with van der Waals surface area (Å²) >= 11 is 0. The van der Waals surface area contributed by atoms with Gasteiger partial charge in [0.1, 0.15) is 0 Å². The van der Waals surface area contributed by atoms with Gasteiger partial charge in [-0.3, -0.25) is 4.79 Å². The molecule has 4 nitrogen and oxygen atoms in total. The normalized spacial score (nSPS) is 10.3. The van der Waals surface area contributed by atoms with E-state index in [1.54, 1.807) is 19.9 Å². The fourth-order valence-electron chi connectivity index (χ4n) is 0.967. The molecule has 0 amide bonds. The van der Waals surface area contributed by atoms with E-state index >= 15 is 0 Å². The van der Waals surface area contributed by atoms with Gasteiger partial charge in [-0.1, -0.05) is 6.08 Å². The second-order valence-electron chi connectivity index (χ2n) is 2.85. The zero-order valence-corrected chi connectivity index (χ0v) is 9.32. The molecule has 0 radical (unpaired) electrons. The summed E-state index contributed by atoms with van der Waals surface area (Å²) in [5, 5.41) is 0. The summed E-state index contributed by atoms with van der Waals surface area (Å²) in [6, 6.07) is 0. The maximum absolute atomic E-state index is 10.9. The molecule has 0 saturated carbocycles. The molecule has 0 aromatic carbocycles. The van der Waals surface area contributed by atoms with Gasteiger partial charge in [0, 0.05) is 12.5 Å². The van der Waals surface area contributed by atoms with Crippen LogP contribution in [0.25, 0.3) is 0 Å². The fourth-order valence-corrected chi connectivity index (χ4v) is 0.967. The van der Waals surface area contributed by atoms with Gasteiger partial charge in [0.2, 0.25) is 0 Å². The van der Waals surface area contributed by atoms with Gasteiger partial charge in [-0.05, 0) is 26.7 Å². The van der Waals surface area contributed by atoms with Gasteiger partial charge < -0.3 is 9.47 Å². The highest BCUT2D eigenvalue weighted by Gasteiger charge is 1.99. The first-order chi connectivity index (χ1) is 7.20. The Morgan fingerprint density at radius 2 is 1.80 bits per heavy atom. The number of rotatable bonds is 7. The van der Waals surface area contributed by atoms with Crippen molar-refractivity contribution in [3.8, 4) is 0 Å². The standard InChI is InChI=1S/C11H18O4/c1-3-14-10(12)8-6-5-7-9-11(13)15-4-2/h6,8H,3-5,7,9H2,1-2H3/b8-6-. The van der Waals surface area contributed by atoms with Crippen molar-refractivity contribution in [2.24, 2.45) is 0 Å². The molecule has 15 heavy (non-hydrogen) atoms. The summed E-state index contributed by atoms with van der Waals surface area (Å²) < 4.78 is 9.44. The van der Waals surface area contributed by atoms with Gasteiger partial charge in [0.25, 0.3) is 0 Å². The van der Waals surface area contributed by atoms with Crippen molar-refractivity contribution < 1.29 is 19.1 Å². The summed E-state index contributed by atoms with van der Waals surface area (Å²) in [4.78, 5) is 21.7. The average Bonchev–Trinajstić information content (AvgIpc) is 2.18. The van der Waals surface area contributed by atoms with Crippen LogP contribution in [0.3, 0.4) is 0 Å². The number of unbranched alkanes of at least 4 members (excludes halogenated alkanes) is 1. The first kappa shape index (κ1) is 13.7. The molecule has 0 fully saturated rings. The van der Waals surface area contributed by atoms with Crippen LogP contribution in [0, 0.1) is 0 Å². The number of carbonyl (C=O) groups is 2. The second kappa shape index (κ2) is 9.24. The summed E-state index contributed by atoms with van der Waals surface area (Å²) in [7, 11) is 0. The van der Waals surface area contributed by atoms with Gasteiger partial charge in [-0.25, -0.2) is 4.79 Å². The van der Waals surface area contributed by atoms with E-state index in [4.69, 9.17) is 9.47 Å². The van der Waals surface area contributed by atoms with Crippen LogP contribution in [0.1, 0.15) is 33.1 Å². The quantitative estimate of drug-likeness (QED) is 0.368. The van der Waals surface area contributed by atoms with E-state index in [0.29, 0.717) is 32.5 Å². The molecular formula is C11H18O4. The lowest BCUT2D eigenvalue weighted by Crippen LogP contribution is -2.03. The Hall–Kier alpha value is -1.32. The van der Waals surface area contributed by atoms with E-state index in [0.717, 1.165) is 0 Å². The number of carbonyl (C=O) groups excluding carboxylic acids is 2. The zero-order valence-electron chi connectivity index (χ0n) is 9.32. The molecule has 0 aromatic heterocycles. The molecule has 0 aromatic rings. The molecule has 0 heterocycles. The van der Waals surface area contributed by atoms with Crippen LogP contribution < -0.4 is 0 Å². The SMILES string of the molecule is CCOC(=O)/C=C\CCCC(=O)OCC. The Morgan fingerprint density at radius 3 is 2.40 bits per heavy atom. The number of ether oxygens (including phenoxy) is 2. The summed E-state index contributed by atoms with van der Waals surface area (Å²) in [5.41, 5.74) is 0. The maximum atomic E-state index is 10.9. The van der Waals surface area contributed by atoms with E-state index in [2.05, 4.69) is 0 Å². The van der Waals surface area contributed by atoms with Gasteiger partial charge in [0.05, 0.1) is 13.2 Å². The lowest BCUT2D eigenvalue weighted by Gasteiger charge is -1.99. The van der Waals surface area contributed by atoms with Crippen molar-refractivity contribution in [3.05, 3.63) is 12.2 Å². The summed E-state index contributed by atoms with van der Waals surface area (Å²) in [6.07, 6.45) is 4.85. The van der Waals surface area contributed by atoms with Gasteiger partial charge >= 0.3 is 11.9 Å². The molecule has 0 N–H and O–H groups in total. The Labute approximate surface area is 90.2 Å². The predicted molar refractivity (Wildman–Crippen MR) is 56.3 cm³/mol. The fraction of sp³-hybridized carbons (Fsp3) is 0.636. The van der Waals surface area contributed by atoms with Crippen LogP contribution in [0.15, 0.2) is 12.2 Å². The lowest BCUT2D eigenvalue weighted by molar-refractivity contribution is -0.143. The minimum Gasteiger partial charge on any atom is -0.466 e. The van der Waals surface area contributed by atoms with Crippen molar-refractivity contribution in [3.63, 3.8) is 0 Å². The van der Waals surface area contributed by atoms with Crippen molar-refractivity contribution in [2.75, 3.05) is 13.2 Å². The second-order valence-corrected chi connectivity index (χ2v) is 2.85. The smallest absolute Gasteiger partial charge is 0.330 e. The Balaban J connectivity index is 3.45. The third-order valence-corrected chi connectivity index (χ3v) is 1.60. The molecule has 86 valence electrons. The monoisotopic (exact) mass is 214 g/mol. The van der Waals surface area contributed by atoms with E-state index in [1.807, 2.05) is 0 Å². The third kappa shape index (κ3) is 9.00. The minimum absolute atomic E-state index is 0.193. The highest BCUT2D eigenvalue weighted by Crippen LogP contribution is 1.99. The van der Waals surface area contributed by atoms with Crippen molar-refractivity contribution in [1.82, 2.24) is 0 Å². The molecule has 0 unspecified atom stereocenters. The van der Waals surface area contributed by atoms with E-state index < -0.39 is 0 Å². The number of hydrogen-bond donors (Lipinski definition) is 0. The van der Waals surface area contributed by atoms with E-state index in [9.17, 15) is 9.59 Å². The molecule has 0 aliphatic carbocycles. The van der Waals surface area contributed by atoms with Crippen molar-refractivity contribution >= 4 is 11.9 Å². The number of hydrogen-bond acceptors (Lipinski definition) is 4. The molecule has 0 atom stereocenters. The average molecular weight is 214 g/mol. The summed E-state index contributed by atoms with van der Waals surface area (Å²) in [5.74, 6) is -0.532. The van der Waals surface area contributed by atoms with Crippen LogP contribution in [0.5, 0.6) is 0 Å². The molecule has 0 aliphatic heterocycles. The van der Waals surface area contributed by atoms with Crippen molar-refractivity contribution in [1.29, 1.82) is 0 Å². The maximum Gasteiger partial charge on any atom is 0.330 e.